The second-order valence-electron chi connectivity index (χ2n) is 5.58. The van der Waals surface area contributed by atoms with Crippen molar-refractivity contribution in [1.29, 1.82) is 0 Å². The standard InChI is InChI=1S/C19H18ClN3O2/c1-14-11-18(23(22-14)12-15-7-3-2-4-8-15)21-19(24)13-25-17-10-6-5-9-16(17)20/h2-11H,12-13H2,1H3,(H,21,24). The van der Waals surface area contributed by atoms with Crippen molar-refractivity contribution >= 4 is 23.3 Å². The average Bonchev–Trinajstić information content (AvgIpc) is 2.94. The summed E-state index contributed by atoms with van der Waals surface area (Å²) in [6.07, 6.45) is 0. The number of amides is 1. The van der Waals surface area contributed by atoms with E-state index in [1.54, 1.807) is 28.9 Å². The number of carbonyl (C=O) groups excluding carboxylic acids is 1. The molecule has 1 heterocycles. The summed E-state index contributed by atoms with van der Waals surface area (Å²) in [4.78, 5) is 12.2. The topological polar surface area (TPSA) is 56.1 Å². The number of benzene rings is 2. The molecule has 3 rings (SSSR count). The maximum atomic E-state index is 12.2. The SMILES string of the molecule is Cc1cc(NC(=O)COc2ccccc2Cl)n(Cc2ccccc2)n1. The van der Waals surface area contributed by atoms with Crippen LogP contribution >= 0.6 is 11.6 Å². The first kappa shape index (κ1) is 17.0. The van der Waals surface area contributed by atoms with Crippen molar-refractivity contribution in [2.75, 3.05) is 11.9 Å². The number of aromatic nitrogens is 2. The van der Waals surface area contributed by atoms with Crippen molar-refractivity contribution in [3.8, 4) is 5.75 Å². The van der Waals surface area contributed by atoms with E-state index in [1.807, 2.05) is 43.3 Å². The third kappa shape index (κ3) is 4.61. The van der Waals surface area contributed by atoms with Crippen LogP contribution in [0.15, 0.2) is 60.7 Å². The summed E-state index contributed by atoms with van der Waals surface area (Å²) in [5, 5.41) is 7.74. The summed E-state index contributed by atoms with van der Waals surface area (Å²) in [5.74, 6) is 0.844. The normalized spacial score (nSPS) is 10.5. The molecule has 0 bridgehead atoms. The monoisotopic (exact) mass is 355 g/mol. The molecule has 0 fully saturated rings. The molecular weight excluding hydrogens is 338 g/mol. The maximum Gasteiger partial charge on any atom is 0.263 e. The lowest BCUT2D eigenvalue weighted by Crippen LogP contribution is -2.22. The fourth-order valence-corrected chi connectivity index (χ4v) is 2.60. The van der Waals surface area contributed by atoms with E-state index in [-0.39, 0.29) is 12.5 Å². The zero-order valence-electron chi connectivity index (χ0n) is 13.8. The van der Waals surface area contributed by atoms with Gasteiger partial charge in [-0.2, -0.15) is 5.10 Å². The van der Waals surface area contributed by atoms with Crippen molar-refractivity contribution < 1.29 is 9.53 Å². The highest BCUT2D eigenvalue weighted by atomic mass is 35.5. The van der Waals surface area contributed by atoms with Gasteiger partial charge in [-0.3, -0.25) is 4.79 Å². The number of nitrogens with zero attached hydrogens (tertiary/aromatic N) is 2. The largest absolute Gasteiger partial charge is 0.482 e. The van der Waals surface area contributed by atoms with E-state index >= 15 is 0 Å². The summed E-state index contributed by atoms with van der Waals surface area (Å²) in [5.41, 5.74) is 1.94. The van der Waals surface area contributed by atoms with Gasteiger partial charge in [-0.05, 0) is 24.6 Å². The molecule has 0 aliphatic heterocycles. The summed E-state index contributed by atoms with van der Waals surface area (Å²) < 4.78 is 7.22. The van der Waals surface area contributed by atoms with E-state index in [9.17, 15) is 4.79 Å². The molecule has 25 heavy (non-hydrogen) atoms. The lowest BCUT2D eigenvalue weighted by atomic mass is 10.2. The molecule has 0 spiro atoms. The minimum absolute atomic E-state index is 0.126. The van der Waals surface area contributed by atoms with Gasteiger partial charge in [0.25, 0.3) is 5.91 Å². The van der Waals surface area contributed by atoms with Crippen LogP contribution in [-0.2, 0) is 11.3 Å². The van der Waals surface area contributed by atoms with Crippen LogP contribution in [0.25, 0.3) is 0 Å². The molecule has 1 N–H and O–H groups in total. The first-order valence-corrected chi connectivity index (χ1v) is 8.25. The van der Waals surface area contributed by atoms with Crippen LogP contribution < -0.4 is 10.1 Å². The third-order valence-corrected chi connectivity index (χ3v) is 3.85. The molecule has 128 valence electrons. The number of ether oxygens (including phenoxy) is 1. The number of aryl methyl sites for hydroxylation is 1. The average molecular weight is 356 g/mol. The predicted molar refractivity (Wildman–Crippen MR) is 98.1 cm³/mol. The molecule has 0 unspecified atom stereocenters. The number of hydrogen-bond donors (Lipinski definition) is 1. The van der Waals surface area contributed by atoms with Gasteiger partial charge in [-0.15, -0.1) is 0 Å². The van der Waals surface area contributed by atoms with E-state index in [1.165, 1.54) is 0 Å². The molecule has 0 radical (unpaired) electrons. The fraction of sp³-hybridized carbons (Fsp3) is 0.158. The Hall–Kier alpha value is -2.79. The zero-order valence-corrected chi connectivity index (χ0v) is 14.5. The second-order valence-corrected chi connectivity index (χ2v) is 5.99. The van der Waals surface area contributed by atoms with E-state index in [0.717, 1.165) is 11.3 Å². The van der Waals surface area contributed by atoms with Crippen LogP contribution in [0.5, 0.6) is 5.75 Å². The Labute approximate surface area is 151 Å². The van der Waals surface area contributed by atoms with Gasteiger partial charge in [0.1, 0.15) is 11.6 Å². The van der Waals surface area contributed by atoms with Gasteiger partial charge in [0, 0.05) is 6.07 Å². The quantitative estimate of drug-likeness (QED) is 0.729. The number of hydrogen-bond acceptors (Lipinski definition) is 3. The van der Waals surface area contributed by atoms with Crippen LogP contribution in [0.3, 0.4) is 0 Å². The third-order valence-electron chi connectivity index (χ3n) is 3.54. The number of carbonyl (C=O) groups is 1. The molecule has 0 aliphatic carbocycles. The first-order chi connectivity index (χ1) is 12.1. The Bertz CT molecular complexity index is 862. The van der Waals surface area contributed by atoms with Gasteiger partial charge < -0.3 is 10.1 Å². The van der Waals surface area contributed by atoms with Gasteiger partial charge in [-0.25, -0.2) is 4.68 Å². The van der Waals surface area contributed by atoms with Gasteiger partial charge >= 0.3 is 0 Å². The molecule has 1 aromatic heterocycles. The zero-order chi connectivity index (χ0) is 17.6. The smallest absolute Gasteiger partial charge is 0.263 e. The molecule has 0 aliphatic rings. The van der Waals surface area contributed by atoms with Crippen LogP contribution in [0.2, 0.25) is 5.02 Å². The van der Waals surface area contributed by atoms with E-state index in [4.69, 9.17) is 16.3 Å². The summed E-state index contributed by atoms with van der Waals surface area (Å²) in [6, 6.07) is 18.8. The molecule has 6 heteroatoms. The van der Waals surface area contributed by atoms with Gasteiger partial charge in [0.05, 0.1) is 17.3 Å². The highest BCUT2D eigenvalue weighted by Crippen LogP contribution is 2.23. The molecule has 3 aromatic rings. The number of anilines is 1. The molecule has 0 saturated carbocycles. The minimum Gasteiger partial charge on any atom is -0.482 e. The Morgan fingerprint density at radius 2 is 1.88 bits per heavy atom. The van der Waals surface area contributed by atoms with Gasteiger partial charge in [0.15, 0.2) is 6.61 Å². The highest BCUT2D eigenvalue weighted by Gasteiger charge is 2.11. The predicted octanol–water partition coefficient (Wildman–Crippen LogP) is 3.91. The maximum absolute atomic E-state index is 12.2. The lowest BCUT2D eigenvalue weighted by Gasteiger charge is -2.10. The van der Waals surface area contributed by atoms with E-state index in [0.29, 0.717) is 23.1 Å². The van der Waals surface area contributed by atoms with Crippen molar-refractivity contribution in [2.24, 2.45) is 0 Å². The number of halogens is 1. The lowest BCUT2D eigenvalue weighted by molar-refractivity contribution is -0.118. The van der Waals surface area contributed by atoms with Gasteiger partial charge in [0.2, 0.25) is 0 Å². The summed E-state index contributed by atoms with van der Waals surface area (Å²) in [6.45, 7) is 2.34. The Morgan fingerprint density at radius 3 is 2.64 bits per heavy atom. The highest BCUT2D eigenvalue weighted by molar-refractivity contribution is 6.32. The van der Waals surface area contributed by atoms with E-state index < -0.39 is 0 Å². The molecular formula is C19H18ClN3O2. The van der Waals surface area contributed by atoms with Crippen molar-refractivity contribution in [3.05, 3.63) is 76.9 Å². The summed E-state index contributed by atoms with van der Waals surface area (Å²) in [7, 11) is 0. The van der Waals surface area contributed by atoms with Crippen LogP contribution in [-0.4, -0.2) is 22.3 Å². The second kappa shape index (κ2) is 7.85. The molecule has 5 nitrogen and oxygen atoms in total. The van der Waals surface area contributed by atoms with Gasteiger partial charge in [-0.1, -0.05) is 54.1 Å². The van der Waals surface area contributed by atoms with Crippen LogP contribution in [0, 0.1) is 6.92 Å². The molecule has 2 aromatic carbocycles. The van der Waals surface area contributed by atoms with Crippen molar-refractivity contribution in [1.82, 2.24) is 9.78 Å². The van der Waals surface area contributed by atoms with Crippen molar-refractivity contribution in [2.45, 2.75) is 13.5 Å². The van der Waals surface area contributed by atoms with Crippen LogP contribution in [0.1, 0.15) is 11.3 Å². The number of para-hydroxylation sites is 1. The fourth-order valence-electron chi connectivity index (χ4n) is 2.41. The first-order valence-electron chi connectivity index (χ1n) is 7.87. The number of rotatable bonds is 6. The van der Waals surface area contributed by atoms with E-state index in [2.05, 4.69) is 10.4 Å². The Morgan fingerprint density at radius 1 is 1.16 bits per heavy atom. The van der Waals surface area contributed by atoms with Crippen molar-refractivity contribution in [3.63, 3.8) is 0 Å². The summed E-state index contributed by atoms with van der Waals surface area (Å²) >= 11 is 6.02. The van der Waals surface area contributed by atoms with Crippen LogP contribution in [0.4, 0.5) is 5.82 Å². The Kier molecular flexibility index (Phi) is 5.36. The number of nitrogens with one attached hydrogen (secondary N) is 1. The minimum atomic E-state index is -0.269. The molecule has 1 amide bonds. The molecule has 0 saturated heterocycles. The Balaban J connectivity index is 1.64. The molecule has 0 atom stereocenters.